The Hall–Kier alpha value is -1.26. The van der Waals surface area contributed by atoms with Crippen molar-refractivity contribution >= 4 is 0 Å². The molecule has 1 aromatic heterocycles. The molecule has 1 heterocycles. The second-order valence-corrected chi connectivity index (χ2v) is 4.41. The summed E-state index contributed by atoms with van der Waals surface area (Å²) in [5, 5.41) is 3.71. The third-order valence-corrected chi connectivity index (χ3v) is 2.05. The van der Waals surface area contributed by atoms with Crippen LogP contribution in [-0.4, -0.2) is 16.2 Å². The van der Waals surface area contributed by atoms with Gasteiger partial charge in [0.2, 0.25) is 0 Å². The normalized spacial score (nSPS) is 12.1. The van der Waals surface area contributed by atoms with Crippen LogP contribution in [0.3, 0.4) is 0 Å². The summed E-state index contributed by atoms with van der Waals surface area (Å²) < 4.78 is 24.8. The highest BCUT2D eigenvalue weighted by Crippen LogP contribution is 2.19. The highest BCUT2D eigenvalue weighted by molar-refractivity contribution is 5.16. The first-order valence-electron chi connectivity index (χ1n) is 4.66. The molecule has 0 N–H and O–H groups in total. The molecule has 0 amide bonds. The Morgan fingerprint density at radius 1 is 1.47 bits per heavy atom. The minimum atomic E-state index is -2.56. The largest absolute Gasteiger partial charge is 0.268 e. The number of aromatic nitrogens is 2. The molecule has 0 bridgehead atoms. The number of hydrogen-bond donors (Lipinski definition) is 0. The topological polar surface area (TPSA) is 34.9 Å². The van der Waals surface area contributed by atoms with Crippen LogP contribution < -0.4 is 5.56 Å². The molecule has 3 nitrogen and oxygen atoms in total. The van der Waals surface area contributed by atoms with Crippen LogP contribution in [0.25, 0.3) is 0 Å². The number of rotatable bonds is 2. The van der Waals surface area contributed by atoms with Crippen molar-refractivity contribution in [2.24, 2.45) is 0 Å². The Morgan fingerprint density at radius 2 is 2.07 bits per heavy atom. The fraction of sp³-hybridized carbons (Fsp3) is 0.600. The van der Waals surface area contributed by atoms with E-state index < -0.39 is 18.5 Å². The number of alkyl halides is 2. The summed E-state index contributed by atoms with van der Waals surface area (Å²) in [4.78, 5) is 11.4. The number of nitrogens with zero attached hydrogens (tertiary/aromatic N) is 2. The van der Waals surface area contributed by atoms with Crippen LogP contribution in [0.4, 0.5) is 8.78 Å². The molecule has 0 aliphatic carbocycles. The van der Waals surface area contributed by atoms with Gasteiger partial charge in [-0.1, -0.05) is 20.8 Å². The maximum absolute atomic E-state index is 12.0. The van der Waals surface area contributed by atoms with Gasteiger partial charge in [-0.25, -0.2) is 13.5 Å². The SMILES string of the molecule is CC(C)(C)c1cnn(CC(F)F)c(=O)c1. The molecule has 0 aromatic carbocycles. The summed E-state index contributed by atoms with van der Waals surface area (Å²) >= 11 is 0. The Kier molecular flexibility index (Phi) is 3.21. The van der Waals surface area contributed by atoms with E-state index in [1.165, 1.54) is 12.3 Å². The lowest BCUT2D eigenvalue weighted by Crippen LogP contribution is -2.27. The van der Waals surface area contributed by atoms with E-state index in [0.717, 1.165) is 10.2 Å². The van der Waals surface area contributed by atoms with Crippen molar-refractivity contribution in [1.82, 2.24) is 9.78 Å². The lowest BCUT2D eigenvalue weighted by molar-refractivity contribution is 0.119. The zero-order valence-corrected chi connectivity index (χ0v) is 9.00. The minimum Gasteiger partial charge on any atom is -0.268 e. The average Bonchev–Trinajstić information content (AvgIpc) is 2.05. The molecule has 0 saturated carbocycles. The molecule has 15 heavy (non-hydrogen) atoms. The molecule has 0 saturated heterocycles. The first-order chi connectivity index (χ1) is 6.80. The van der Waals surface area contributed by atoms with Crippen molar-refractivity contribution < 1.29 is 8.78 Å². The highest BCUT2D eigenvalue weighted by atomic mass is 19.3. The van der Waals surface area contributed by atoms with E-state index in [1.54, 1.807) is 0 Å². The maximum atomic E-state index is 12.0. The second-order valence-electron chi connectivity index (χ2n) is 4.41. The van der Waals surface area contributed by atoms with E-state index in [1.807, 2.05) is 20.8 Å². The Morgan fingerprint density at radius 3 is 2.47 bits per heavy atom. The van der Waals surface area contributed by atoms with Crippen molar-refractivity contribution in [3.8, 4) is 0 Å². The summed E-state index contributed by atoms with van der Waals surface area (Å²) in [5.41, 5.74) is 0.0662. The summed E-state index contributed by atoms with van der Waals surface area (Å²) in [6, 6.07) is 1.36. The molecular weight excluding hydrogens is 202 g/mol. The quantitative estimate of drug-likeness (QED) is 0.755. The maximum Gasteiger partial charge on any atom is 0.267 e. The predicted octanol–water partition coefficient (Wildman–Crippen LogP) is 1.81. The molecule has 0 atom stereocenters. The summed E-state index contributed by atoms with van der Waals surface area (Å²) in [5.74, 6) is 0. The summed E-state index contributed by atoms with van der Waals surface area (Å²) in [6.45, 7) is 5.14. The van der Waals surface area contributed by atoms with Crippen LogP contribution in [-0.2, 0) is 12.0 Å². The molecule has 0 spiro atoms. The molecule has 1 aromatic rings. The van der Waals surface area contributed by atoms with Gasteiger partial charge in [-0.3, -0.25) is 4.79 Å². The highest BCUT2D eigenvalue weighted by Gasteiger charge is 2.16. The van der Waals surface area contributed by atoms with Gasteiger partial charge < -0.3 is 0 Å². The van der Waals surface area contributed by atoms with Gasteiger partial charge in [0, 0.05) is 6.07 Å². The van der Waals surface area contributed by atoms with Crippen LogP contribution in [0.2, 0.25) is 0 Å². The standard InChI is InChI=1S/C10H14F2N2O/c1-10(2,3)7-4-9(15)14(13-5-7)6-8(11)12/h4-5,8H,6H2,1-3H3. The monoisotopic (exact) mass is 216 g/mol. The first-order valence-corrected chi connectivity index (χ1v) is 4.66. The number of halogens is 2. The molecule has 84 valence electrons. The fourth-order valence-electron chi connectivity index (χ4n) is 1.11. The van der Waals surface area contributed by atoms with Crippen LogP contribution in [0.15, 0.2) is 17.1 Å². The summed E-state index contributed by atoms with van der Waals surface area (Å²) in [6.07, 6.45) is -1.10. The molecule has 5 heteroatoms. The molecular formula is C10H14F2N2O. The van der Waals surface area contributed by atoms with Gasteiger partial charge in [0.05, 0.1) is 6.20 Å². The van der Waals surface area contributed by atoms with Gasteiger partial charge in [0.1, 0.15) is 6.54 Å². The first kappa shape index (κ1) is 11.8. The zero-order valence-electron chi connectivity index (χ0n) is 9.00. The molecule has 0 unspecified atom stereocenters. The van der Waals surface area contributed by atoms with E-state index in [9.17, 15) is 13.6 Å². The predicted molar refractivity (Wildman–Crippen MR) is 53.2 cm³/mol. The Labute approximate surface area is 86.7 Å². The molecule has 0 aliphatic rings. The van der Waals surface area contributed by atoms with Gasteiger partial charge in [0.15, 0.2) is 0 Å². The van der Waals surface area contributed by atoms with Crippen molar-refractivity contribution in [3.63, 3.8) is 0 Å². The van der Waals surface area contributed by atoms with Crippen molar-refractivity contribution in [2.45, 2.75) is 39.2 Å². The average molecular weight is 216 g/mol. The molecule has 0 fully saturated rings. The molecule has 0 radical (unpaired) electrons. The van der Waals surface area contributed by atoms with E-state index in [-0.39, 0.29) is 5.41 Å². The number of hydrogen-bond acceptors (Lipinski definition) is 2. The smallest absolute Gasteiger partial charge is 0.267 e. The second kappa shape index (κ2) is 4.08. The Balaban J connectivity index is 3.04. The molecule has 0 aliphatic heterocycles. The van der Waals surface area contributed by atoms with E-state index in [2.05, 4.69) is 5.10 Å². The van der Waals surface area contributed by atoms with E-state index in [4.69, 9.17) is 0 Å². The van der Waals surface area contributed by atoms with Crippen molar-refractivity contribution in [3.05, 3.63) is 28.2 Å². The van der Waals surface area contributed by atoms with Gasteiger partial charge in [-0.05, 0) is 11.0 Å². The van der Waals surface area contributed by atoms with Crippen LogP contribution in [0.5, 0.6) is 0 Å². The van der Waals surface area contributed by atoms with E-state index in [0.29, 0.717) is 0 Å². The zero-order chi connectivity index (χ0) is 11.6. The van der Waals surface area contributed by atoms with Crippen LogP contribution in [0.1, 0.15) is 26.3 Å². The van der Waals surface area contributed by atoms with Crippen LogP contribution >= 0.6 is 0 Å². The van der Waals surface area contributed by atoms with E-state index >= 15 is 0 Å². The fourth-order valence-corrected chi connectivity index (χ4v) is 1.11. The third-order valence-electron chi connectivity index (χ3n) is 2.05. The minimum absolute atomic E-state index is 0.198. The van der Waals surface area contributed by atoms with Crippen molar-refractivity contribution in [2.75, 3.05) is 0 Å². The van der Waals surface area contributed by atoms with Gasteiger partial charge in [-0.2, -0.15) is 5.10 Å². The molecule has 1 rings (SSSR count). The van der Waals surface area contributed by atoms with Crippen molar-refractivity contribution in [1.29, 1.82) is 0 Å². The lowest BCUT2D eigenvalue weighted by Gasteiger charge is -2.18. The van der Waals surface area contributed by atoms with Crippen LogP contribution in [0, 0.1) is 0 Å². The lowest BCUT2D eigenvalue weighted by atomic mass is 9.89. The Bertz CT molecular complexity index is 393. The third kappa shape index (κ3) is 3.11. The van der Waals surface area contributed by atoms with Gasteiger partial charge in [-0.15, -0.1) is 0 Å². The summed E-state index contributed by atoms with van der Waals surface area (Å²) in [7, 11) is 0. The van der Waals surface area contributed by atoms with Gasteiger partial charge >= 0.3 is 0 Å². The van der Waals surface area contributed by atoms with Gasteiger partial charge in [0.25, 0.3) is 12.0 Å².